The van der Waals surface area contributed by atoms with Crippen molar-refractivity contribution in [2.24, 2.45) is 0 Å². The van der Waals surface area contributed by atoms with Gasteiger partial charge in [-0.3, -0.25) is 4.98 Å². The first-order valence-electron chi connectivity index (χ1n) is 5.59. The van der Waals surface area contributed by atoms with Crippen LogP contribution < -0.4 is 5.32 Å². The lowest BCUT2D eigenvalue weighted by molar-refractivity contribution is 0.980. The molecule has 92 valence electrons. The van der Waals surface area contributed by atoms with E-state index in [1.165, 1.54) is 0 Å². The van der Waals surface area contributed by atoms with Crippen LogP contribution in [-0.4, -0.2) is 11.5 Å². The average Bonchev–Trinajstić information content (AvgIpc) is 2.39. The number of aromatic nitrogens is 1. The molecule has 18 heavy (non-hydrogen) atoms. The summed E-state index contributed by atoms with van der Waals surface area (Å²) >= 11 is 9.68. The third-order valence-corrected chi connectivity index (χ3v) is 3.55. The number of fused-ring (bicyclic) bond motifs is 1. The van der Waals surface area contributed by atoms with Crippen LogP contribution in [0.5, 0.6) is 0 Å². The van der Waals surface area contributed by atoms with Gasteiger partial charge in [-0.05, 0) is 34.5 Å². The Kier molecular flexibility index (Phi) is 4.05. The molecule has 0 atom stereocenters. The zero-order valence-corrected chi connectivity index (χ0v) is 12.1. The number of nitrogens with one attached hydrogen (secondary N) is 1. The fourth-order valence-corrected chi connectivity index (χ4v) is 2.43. The quantitative estimate of drug-likeness (QED) is 0.913. The third-order valence-electron chi connectivity index (χ3n) is 2.59. The molecule has 0 unspecified atom stereocenters. The predicted octanol–water partition coefficient (Wildman–Crippen LogP) is 4.34. The van der Waals surface area contributed by atoms with Gasteiger partial charge in [-0.2, -0.15) is 5.26 Å². The Morgan fingerprint density at radius 1 is 1.50 bits per heavy atom. The molecule has 1 heterocycles. The summed E-state index contributed by atoms with van der Waals surface area (Å²) in [5.74, 6) is 0. The first-order chi connectivity index (χ1) is 8.69. The number of pyridine rings is 1. The first-order valence-corrected chi connectivity index (χ1v) is 6.76. The normalized spacial score (nSPS) is 10.3. The molecule has 5 heteroatoms. The van der Waals surface area contributed by atoms with Gasteiger partial charge in [0.05, 0.1) is 21.8 Å². The third kappa shape index (κ3) is 2.29. The highest BCUT2D eigenvalue weighted by Gasteiger charge is 2.13. The van der Waals surface area contributed by atoms with Crippen LogP contribution in [0.2, 0.25) is 5.02 Å². The smallest absolute Gasteiger partial charge is 0.103 e. The average molecular weight is 325 g/mol. The Labute approximate surface area is 119 Å². The molecule has 0 amide bonds. The number of rotatable bonds is 3. The van der Waals surface area contributed by atoms with E-state index in [-0.39, 0.29) is 0 Å². The largest absolute Gasteiger partial charge is 0.383 e. The van der Waals surface area contributed by atoms with Crippen molar-refractivity contribution in [2.75, 3.05) is 11.9 Å². The molecule has 0 aliphatic carbocycles. The van der Waals surface area contributed by atoms with E-state index in [2.05, 4.69) is 39.2 Å². The molecule has 0 bridgehead atoms. The van der Waals surface area contributed by atoms with E-state index in [1.807, 2.05) is 6.07 Å². The molecule has 0 saturated heterocycles. The first kappa shape index (κ1) is 13.1. The number of benzene rings is 1. The van der Waals surface area contributed by atoms with E-state index in [0.29, 0.717) is 10.6 Å². The monoisotopic (exact) mass is 323 g/mol. The maximum Gasteiger partial charge on any atom is 0.103 e. The van der Waals surface area contributed by atoms with Crippen LogP contribution in [0, 0.1) is 11.3 Å². The molecular weight excluding hydrogens is 314 g/mol. The molecule has 2 rings (SSSR count). The van der Waals surface area contributed by atoms with Gasteiger partial charge >= 0.3 is 0 Å². The number of nitrogens with zero attached hydrogens (tertiary/aromatic N) is 2. The summed E-state index contributed by atoms with van der Waals surface area (Å²) in [6.07, 6.45) is 2.54. The van der Waals surface area contributed by atoms with Crippen LogP contribution in [0.15, 0.2) is 22.8 Å². The molecule has 3 nitrogen and oxygen atoms in total. The van der Waals surface area contributed by atoms with Crippen molar-refractivity contribution in [2.45, 2.75) is 13.3 Å². The van der Waals surface area contributed by atoms with E-state index in [4.69, 9.17) is 16.9 Å². The summed E-state index contributed by atoms with van der Waals surface area (Å²) in [5, 5.41) is 13.8. The molecule has 0 fully saturated rings. The fourth-order valence-electron chi connectivity index (χ4n) is 1.75. The van der Waals surface area contributed by atoms with Crippen molar-refractivity contribution in [1.29, 1.82) is 5.26 Å². The van der Waals surface area contributed by atoms with E-state index >= 15 is 0 Å². The van der Waals surface area contributed by atoms with Gasteiger partial charge in [-0.1, -0.05) is 18.5 Å². The number of hydrogen-bond donors (Lipinski definition) is 1. The maximum absolute atomic E-state index is 9.15. The summed E-state index contributed by atoms with van der Waals surface area (Å²) in [6.45, 7) is 2.86. The highest BCUT2D eigenvalue weighted by Crippen LogP contribution is 2.35. The van der Waals surface area contributed by atoms with Crippen molar-refractivity contribution >= 4 is 44.1 Å². The molecule has 0 aliphatic heterocycles. The van der Waals surface area contributed by atoms with Gasteiger partial charge < -0.3 is 5.32 Å². The highest BCUT2D eigenvalue weighted by molar-refractivity contribution is 9.10. The molecule has 0 radical (unpaired) electrons. The Balaban J connectivity index is 2.76. The summed E-state index contributed by atoms with van der Waals surface area (Å²) < 4.78 is 0.867. The van der Waals surface area contributed by atoms with E-state index in [0.717, 1.165) is 34.0 Å². The maximum atomic E-state index is 9.15. The van der Waals surface area contributed by atoms with Gasteiger partial charge in [-0.15, -0.1) is 0 Å². The van der Waals surface area contributed by atoms with Gasteiger partial charge in [-0.25, -0.2) is 0 Å². The Morgan fingerprint density at radius 2 is 2.28 bits per heavy atom. The number of nitriles is 1. The summed E-state index contributed by atoms with van der Waals surface area (Å²) in [4.78, 5) is 4.29. The van der Waals surface area contributed by atoms with Crippen molar-refractivity contribution in [3.63, 3.8) is 0 Å². The predicted molar refractivity (Wildman–Crippen MR) is 77.9 cm³/mol. The van der Waals surface area contributed by atoms with Crippen molar-refractivity contribution in [3.05, 3.63) is 33.4 Å². The van der Waals surface area contributed by atoms with Crippen LogP contribution in [0.4, 0.5) is 5.69 Å². The molecule has 1 N–H and O–H groups in total. The van der Waals surface area contributed by atoms with Crippen molar-refractivity contribution < 1.29 is 0 Å². The van der Waals surface area contributed by atoms with E-state index < -0.39 is 0 Å². The topological polar surface area (TPSA) is 48.7 Å². The summed E-state index contributed by atoms with van der Waals surface area (Å²) in [7, 11) is 0. The van der Waals surface area contributed by atoms with Crippen LogP contribution in [0.3, 0.4) is 0 Å². The molecular formula is C13H11BrClN3. The standard InChI is InChI=1S/C13H11BrClN3/c1-2-5-17-12-8(6-16)7-18-13-9(14)3-4-10(15)11(12)13/h3-4,7H,2,5H2,1H3,(H,17,18). The summed E-state index contributed by atoms with van der Waals surface area (Å²) in [5.41, 5.74) is 2.03. The van der Waals surface area contributed by atoms with Gasteiger partial charge in [0.1, 0.15) is 6.07 Å². The van der Waals surface area contributed by atoms with Crippen molar-refractivity contribution in [1.82, 2.24) is 4.98 Å². The zero-order chi connectivity index (χ0) is 13.1. The Bertz CT molecular complexity index is 634. The molecule has 0 aliphatic rings. The van der Waals surface area contributed by atoms with Gasteiger partial charge in [0, 0.05) is 22.6 Å². The molecule has 0 saturated carbocycles. The van der Waals surface area contributed by atoms with Crippen LogP contribution in [0.25, 0.3) is 10.9 Å². The van der Waals surface area contributed by atoms with Crippen LogP contribution >= 0.6 is 27.5 Å². The number of hydrogen-bond acceptors (Lipinski definition) is 3. The zero-order valence-electron chi connectivity index (χ0n) is 9.80. The second-order valence-electron chi connectivity index (χ2n) is 3.84. The summed E-state index contributed by atoms with van der Waals surface area (Å²) in [6, 6.07) is 5.80. The van der Waals surface area contributed by atoms with Crippen LogP contribution in [-0.2, 0) is 0 Å². The minimum atomic E-state index is 0.510. The van der Waals surface area contributed by atoms with Crippen LogP contribution in [0.1, 0.15) is 18.9 Å². The molecule has 1 aromatic carbocycles. The fraction of sp³-hybridized carbons (Fsp3) is 0.231. The SMILES string of the molecule is CCCNc1c(C#N)cnc2c(Br)ccc(Cl)c12. The Hall–Kier alpha value is -1.31. The minimum Gasteiger partial charge on any atom is -0.383 e. The minimum absolute atomic E-state index is 0.510. The highest BCUT2D eigenvalue weighted by atomic mass is 79.9. The molecule has 0 spiro atoms. The second kappa shape index (κ2) is 5.55. The Morgan fingerprint density at radius 3 is 2.94 bits per heavy atom. The van der Waals surface area contributed by atoms with Gasteiger partial charge in [0.15, 0.2) is 0 Å². The molecule has 1 aromatic heterocycles. The van der Waals surface area contributed by atoms with Crippen molar-refractivity contribution in [3.8, 4) is 6.07 Å². The molecule has 2 aromatic rings. The van der Waals surface area contributed by atoms with E-state index in [9.17, 15) is 0 Å². The lowest BCUT2D eigenvalue weighted by Gasteiger charge is -2.12. The van der Waals surface area contributed by atoms with Gasteiger partial charge in [0.2, 0.25) is 0 Å². The van der Waals surface area contributed by atoms with Gasteiger partial charge in [0.25, 0.3) is 0 Å². The van der Waals surface area contributed by atoms with E-state index in [1.54, 1.807) is 12.3 Å². The lowest BCUT2D eigenvalue weighted by Crippen LogP contribution is -2.03. The second-order valence-corrected chi connectivity index (χ2v) is 5.10. The number of halogens is 2. The number of anilines is 1. The lowest BCUT2D eigenvalue weighted by atomic mass is 10.1.